The van der Waals surface area contributed by atoms with Crippen molar-refractivity contribution in [2.75, 3.05) is 0 Å². The zero-order valence-corrected chi connectivity index (χ0v) is 11.5. The number of hydrogen-bond acceptors (Lipinski definition) is 2. The molecule has 0 aromatic rings. The van der Waals surface area contributed by atoms with E-state index in [1.807, 2.05) is 0 Å². The van der Waals surface area contributed by atoms with Crippen molar-refractivity contribution in [3.63, 3.8) is 0 Å². The Labute approximate surface area is 100 Å². The highest BCUT2D eigenvalue weighted by Gasteiger charge is 2.59. The fraction of sp³-hybridized carbons (Fsp3) is 1.00. The van der Waals surface area contributed by atoms with Crippen LogP contribution in [0.15, 0.2) is 0 Å². The zero-order chi connectivity index (χ0) is 12.1. The molecular weight excluding hydrogens is 199 g/mol. The first-order valence-corrected chi connectivity index (χ1v) is 6.58. The molecule has 2 atom stereocenters. The third-order valence-corrected chi connectivity index (χ3v) is 4.37. The van der Waals surface area contributed by atoms with Crippen LogP contribution >= 0.6 is 0 Å². The van der Waals surface area contributed by atoms with Gasteiger partial charge in [0.25, 0.3) is 0 Å². The average molecular weight is 224 g/mol. The molecule has 92 valence electrons. The zero-order valence-electron chi connectivity index (χ0n) is 11.5. The van der Waals surface area contributed by atoms with Crippen molar-refractivity contribution >= 4 is 7.12 Å². The Hall–Kier alpha value is -0.0151. The van der Waals surface area contributed by atoms with E-state index in [0.717, 1.165) is 11.8 Å². The Morgan fingerprint density at radius 2 is 1.62 bits per heavy atom. The third-order valence-electron chi connectivity index (χ3n) is 4.37. The Morgan fingerprint density at radius 3 is 2.06 bits per heavy atom. The summed E-state index contributed by atoms with van der Waals surface area (Å²) >= 11 is 0. The van der Waals surface area contributed by atoms with Crippen molar-refractivity contribution in [1.29, 1.82) is 0 Å². The van der Waals surface area contributed by atoms with E-state index in [1.54, 1.807) is 0 Å². The minimum absolute atomic E-state index is 0.0359. The van der Waals surface area contributed by atoms with Gasteiger partial charge in [0.2, 0.25) is 0 Å². The molecule has 1 aliphatic carbocycles. The van der Waals surface area contributed by atoms with E-state index >= 15 is 0 Å². The second-order valence-corrected chi connectivity index (χ2v) is 6.91. The first-order chi connectivity index (χ1) is 7.23. The lowest BCUT2D eigenvalue weighted by molar-refractivity contribution is 0.00578. The van der Waals surface area contributed by atoms with Gasteiger partial charge in [0.1, 0.15) is 0 Å². The molecule has 0 spiro atoms. The van der Waals surface area contributed by atoms with Gasteiger partial charge < -0.3 is 9.31 Å². The topological polar surface area (TPSA) is 18.5 Å². The van der Waals surface area contributed by atoms with E-state index in [-0.39, 0.29) is 18.3 Å². The van der Waals surface area contributed by atoms with Gasteiger partial charge in [-0.15, -0.1) is 0 Å². The summed E-state index contributed by atoms with van der Waals surface area (Å²) in [6.07, 6.45) is 2.60. The summed E-state index contributed by atoms with van der Waals surface area (Å²) in [4.78, 5) is 0. The van der Waals surface area contributed by atoms with Crippen LogP contribution < -0.4 is 0 Å². The van der Waals surface area contributed by atoms with Crippen LogP contribution in [0.3, 0.4) is 0 Å². The van der Waals surface area contributed by atoms with Crippen LogP contribution in [0.2, 0.25) is 5.82 Å². The highest BCUT2D eigenvalue weighted by Crippen LogP contribution is 2.55. The molecule has 2 fully saturated rings. The standard InChI is InChI=1S/C13H25BO2/c1-9(2)7-10-8-11(10)14-15-12(3,4)13(5,6)16-14/h9-11H,7-8H2,1-6H3. The van der Waals surface area contributed by atoms with Gasteiger partial charge in [-0.05, 0) is 58.2 Å². The van der Waals surface area contributed by atoms with Gasteiger partial charge in [0.05, 0.1) is 11.2 Å². The van der Waals surface area contributed by atoms with Gasteiger partial charge >= 0.3 is 7.12 Å². The Bertz CT molecular complexity index is 257. The van der Waals surface area contributed by atoms with Gasteiger partial charge in [0, 0.05) is 0 Å². The van der Waals surface area contributed by atoms with Crippen LogP contribution in [-0.4, -0.2) is 18.3 Å². The first kappa shape index (κ1) is 12.4. The second kappa shape index (κ2) is 3.74. The fourth-order valence-corrected chi connectivity index (χ4v) is 2.54. The molecule has 2 rings (SSSR count). The van der Waals surface area contributed by atoms with Crippen LogP contribution in [0.1, 0.15) is 54.4 Å². The highest BCUT2D eigenvalue weighted by atomic mass is 16.7. The van der Waals surface area contributed by atoms with E-state index in [9.17, 15) is 0 Å². The van der Waals surface area contributed by atoms with E-state index in [1.165, 1.54) is 12.8 Å². The molecule has 1 saturated heterocycles. The summed E-state index contributed by atoms with van der Waals surface area (Å²) in [5.74, 6) is 2.26. The molecule has 0 radical (unpaired) electrons. The lowest BCUT2D eigenvalue weighted by Gasteiger charge is -2.32. The van der Waals surface area contributed by atoms with Crippen molar-refractivity contribution in [1.82, 2.24) is 0 Å². The normalized spacial score (nSPS) is 35.8. The van der Waals surface area contributed by atoms with Gasteiger partial charge in [-0.25, -0.2) is 0 Å². The largest absolute Gasteiger partial charge is 0.461 e. The molecule has 1 saturated carbocycles. The summed E-state index contributed by atoms with van der Waals surface area (Å²) in [5.41, 5.74) is -0.328. The summed E-state index contributed by atoms with van der Waals surface area (Å²) in [6, 6.07) is 0. The fourth-order valence-electron chi connectivity index (χ4n) is 2.54. The van der Waals surface area contributed by atoms with Gasteiger partial charge in [0.15, 0.2) is 0 Å². The Kier molecular flexibility index (Phi) is 2.91. The van der Waals surface area contributed by atoms with Crippen molar-refractivity contribution in [3.05, 3.63) is 0 Å². The van der Waals surface area contributed by atoms with Crippen LogP contribution in [0.5, 0.6) is 0 Å². The van der Waals surface area contributed by atoms with E-state index < -0.39 is 0 Å². The first-order valence-electron chi connectivity index (χ1n) is 6.58. The Morgan fingerprint density at radius 1 is 1.12 bits per heavy atom. The predicted octanol–water partition coefficient (Wildman–Crippen LogP) is 3.51. The molecule has 1 aliphatic heterocycles. The third kappa shape index (κ3) is 2.17. The van der Waals surface area contributed by atoms with Gasteiger partial charge in [-0.1, -0.05) is 13.8 Å². The second-order valence-electron chi connectivity index (χ2n) is 6.91. The molecule has 1 heterocycles. The van der Waals surface area contributed by atoms with Crippen LogP contribution in [0.4, 0.5) is 0 Å². The minimum Gasteiger partial charge on any atom is -0.403 e. The lowest BCUT2D eigenvalue weighted by Crippen LogP contribution is -2.41. The van der Waals surface area contributed by atoms with Crippen LogP contribution in [-0.2, 0) is 9.31 Å². The van der Waals surface area contributed by atoms with Crippen LogP contribution in [0.25, 0.3) is 0 Å². The molecule has 0 N–H and O–H groups in total. The predicted molar refractivity (Wildman–Crippen MR) is 67.4 cm³/mol. The van der Waals surface area contributed by atoms with Crippen molar-refractivity contribution in [2.24, 2.45) is 11.8 Å². The van der Waals surface area contributed by atoms with Crippen molar-refractivity contribution < 1.29 is 9.31 Å². The van der Waals surface area contributed by atoms with E-state index in [4.69, 9.17) is 9.31 Å². The molecular formula is C13H25BO2. The molecule has 3 heteroatoms. The maximum Gasteiger partial charge on any atom is 0.461 e. The minimum atomic E-state index is -0.164. The number of hydrogen-bond donors (Lipinski definition) is 0. The molecule has 2 nitrogen and oxygen atoms in total. The summed E-state index contributed by atoms with van der Waals surface area (Å²) in [6.45, 7) is 13.1. The maximum atomic E-state index is 6.08. The Balaban J connectivity index is 1.91. The monoisotopic (exact) mass is 224 g/mol. The highest BCUT2D eigenvalue weighted by molar-refractivity contribution is 6.48. The summed E-state index contributed by atoms with van der Waals surface area (Å²) in [5, 5.41) is 0. The lowest BCUT2D eigenvalue weighted by atomic mass is 9.79. The van der Waals surface area contributed by atoms with E-state index in [2.05, 4.69) is 41.5 Å². The SMILES string of the molecule is CC(C)CC1CC1B1OC(C)(C)C(C)(C)O1. The molecule has 16 heavy (non-hydrogen) atoms. The summed E-state index contributed by atoms with van der Waals surface area (Å²) in [7, 11) is 0.0359. The van der Waals surface area contributed by atoms with Crippen LogP contribution in [0, 0.1) is 11.8 Å². The smallest absolute Gasteiger partial charge is 0.403 e. The van der Waals surface area contributed by atoms with E-state index in [0.29, 0.717) is 5.82 Å². The average Bonchev–Trinajstić information content (AvgIpc) is 2.75. The molecule has 0 amide bonds. The number of rotatable bonds is 3. The maximum absolute atomic E-state index is 6.08. The molecule has 0 aromatic carbocycles. The molecule has 2 aliphatic rings. The van der Waals surface area contributed by atoms with Crippen molar-refractivity contribution in [3.8, 4) is 0 Å². The molecule has 2 unspecified atom stereocenters. The summed E-state index contributed by atoms with van der Waals surface area (Å²) < 4.78 is 12.2. The molecule has 0 aromatic heterocycles. The van der Waals surface area contributed by atoms with Crippen molar-refractivity contribution in [2.45, 2.75) is 71.4 Å². The molecule has 0 bridgehead atoms. The quantitative estimate of drug-likeness (QED) is 0.683. The van der Waals surface area contributed by atoms with Gasteiger partial charge in [-0.3, -0.25) is 0 Å². The van der Waals surface area contributed by atoms with Gasteiger partial charge in [-0.2, -0.15) is 0 Å².